The SMILES string of the molecule is COc1ccc(CCN(C)S(=O)(=O)c2cc(C(=O)O)cc(C)c2Br)cc1OC. The van der Waals surface area contributed by atoms with E-state index < -0.39 is 16.0 Å². The van der Waals surface area contributed by atoms with Gasteiger partial charge in [-0.05, 0) is 64.7 Å². The van der Waals surface area contributed by atoms with Crippen LogP contribution in [0.3, 0.4) is 0 Å². The van der Waals surface area contributed by atoms with Gasteiger partial charge in [0.15, 0.2) is 11.5 Å². The van der Waals surface area contributed by atoms with E-state index in [4.69, 9.17) is 9.47 Å². The third kappa shape index (κ3) is 4.65. The second kappa shape index (κ2) is 8.93. The van der Waals surface area contributed by atoms with Crippen LogP contribution in [0.4, 0.5) is 0 Å². The summed E-state index contributed by atoms with van der Waals surface area (Å²) in [4.78, 5) is 11.2. The van der Waals surface area contributed by atoms with Crippen molar-refractivity contribution in [3.05, 3.63) is 51.5 Å². The van der Waals surface area contributed by atoms with E-state index in [9.17, 15) is 18.3 Å². The summed E-state index contributed by atoms with van der Waals surface area (Å²) in [7, 11) is 0.664. The number of aryl methyl sites for hydroxylation is 1. The number of nitrogens with zero attached hydrogens (tertiary/aromatic N) is 1. The maximum Gasteiger partial charge on any atom is 0.335 e. The maximum atomic E-state index is 13.0. The van der Waals surface area contributed by atoms with E-state index in [0.29, 0.717) is 28.0 Å². The Morgan fingerprint density at radius 2 is 1.79 bits per heavy atom. The highest BCUT2D eigenvalue weighted by molar-refractivity contribution is 9.10. The molecule has 0 aliphatic carbocycles. The minimum Gasteiger partial charge on any atom is -0.493 e. The fourth-order valence-corrected chi connectivity index (χ4v) is 4.83. The van der Waals surface area contributed by atoms with Crippen LogP contribution in [-0.2, 0) is 16.4 Å². The summed E-state index contributed by atoms with van der Waals surface area (Å²) in [6, 6.07) is 7.99. The zero-order valence-electron chi connectivity index (χ0n) is 16.0. The molecule has 0 bridgehead atoms. The molecular weight excluding hydrogens is 450 g/mol. The van der Waals surface area contributed by atoms with Gasteiger partial charge in [-0.3, -0.25) is 0 Å². The quantitative estimate of drug-likeness (QED) is 0.634. The van der Waals surface area contributed by atoms with Crippen molar-refractivity contribution in [3.8, 4) is 11.5 Å². The number of hydrogen-bond donors (Lipinski definition) is 1. The molecule has 0 aromatic heterocycles. The van der Waals surface area contributed by atoms with E-state index in [1.807, 2.05) is 6.07 Å². The fourth-order valence-electron chi connectivity index (χ4n) is 2.66. The van der Waals surface area contributed by atoms with Gasteiger partial charge in [-0.25, -0.2) is 17.5 Å². The first kappa shape index (κ1) is 22.2. The van der Waals surface area contributed by atoms with E-state index in [2.05, 4.69) is 15.9 Å². The molecule has 1 N–H and O–H groups in total. The van der Waals surface area contributed by atoms with Crippen LogP contribution in [0, 0.1) is 6.92 Å². The van der Waals surface area contributed by atoms with Gasteiger partial charge >= 0.3 is 5.97 Å². The number of hydrogen-bond acceptors (Lipinski definition) is 5. The van der Waals surface area contributed by atoms with Crippen molar-refractivity contribution in [2.75, 3.05) is 27.8 Å². The number of aromatic carboxylic acids is 1. The van der Waals surface area contributed by atoms with Crippen LogP contribution < -0.4 is 9.47 Å². The first-order chi connectivity index (χ1) is 13.1. The molecule has 0 saturated heterocycles. The van der Waals surface area contributed by atoms with Crippen LogP contribution >= 0.6 is 15.9 Å². The molecule has 0 radical (unpaired) electrons. The van der Waals surface area contributed by atoms with Crippen LogP contribution in [0.5, 0.6) is 11.5 Å². The van der Waals surface area contributed by atoms with Gasteiger partial charge in [-0.2, -0.15) is 0 Å². The topological polar surface area (TPSA) is 93.1 Å². The number of methoxy groups -OCH3 is 2. The van der Waals surface area contributed by atoms with Gasteiger partial charge in [-0.1, -0.05) is 6.07 Å². The number of carbonyl (C=O) groups is 1. The second-order valence-corrected chi connectivity index (χ2v) is 8.98. The van der Waals surface area contributed by atoms with Gasteiger partial charge in [0.05, 0.1) is 24.7 Å². The number of halogens is 1. The number of carboxylic acids is 1. The lowest BCUT2D eigenvalue weighted by Gasteiger charge is -2.19. The minimum absolute atomic E-state index is 0.0697. The van der Waals surface area contributed by atoms with E-state index in [-0.39, 0.29) is 17.0 Å². The third-order valence-corrected chi connectivity index (χ3v) is 7.52. The van der Waals surface area contributed by atoms with Crippen molar-refractivity contribution in [1.82, 2.24) is 4.31 Å². The monoisotopic (exact) mass is 471 g/mol. The van der Waals surface area contributed by atoms with Crippen molar-refractivity contribution < 1.29 is 27.8 Å². The number of rotatable bonds is 8. The highest BCUT2D eigenvalue weighted by Gasteiger charge is 2.26. The summed E-state index contributed by atoms with van der Waals surface area (Å²) in [5, 5.41) is 9.23. The summed E-state index contributed by atoms with van der Waals surface area (Å²) >= 11 is 3.27. The Kier molecular flexibility index (Phi) is 7.08. The Bertz CT molecular complexity index is 990. The Hall–Kier alpha value is -2.10. The van der Waals surface area contributed by atoms with Crippen LogP contribution in [0.1, 0.15) is 21.5 Å². The van der Waals surface area contributed by atoms with Crippen LogP contribution in [0.2, 0.25) is 0 Å². The molecule has 0 heterocycles. The molecule has 0 amide bonds. The van der Waals surface area contributed by atoms with Crippen LogP contribution in [0.25, 0.3) is 0 Å². The molecule has 28 heavy (non-hydrogen) atoms. The number of benzene rings is 2. The molecule has 2 rings (SSSR count). The Balaban J connectivity index is 2.27. The van der Waals surface area contributed by atoms with Crippen molar-refractivity contribution in [3.63, 3.8) is 0 Å². The molecule has 0 aliphatic rings. The van der Waals surface area contributed by atoms with Crippen LogP contribution in [-0.4, -0.2) is 51.6 Å². The van der Waals surface area contributed by atoms with Gasteiger partial charge in [-0.15, -0.1) is 0 Å². The molecular formula is C19H22BrNO6S. The molecule has 2 aromatic rings. The number of ether oxygens (including phenoxy) is 2. The molecule has 0 aliphatic heterocycles. The predicted molar refractivity (Wildman–Crippen MR) is 109 cm³/mol. The zero-order valence-corrected chi connectivity index (χ0v) is 18.4. The van der Waals surface area contributed by atoms with Crippen molar-refractivity contribution in [2.45, 2.75) is 18.2 Å². The molecule has 0 unspecified atom stereocenters. The fraction of sp³-hybridized carbons (Fsp3) is 0.316. The third-order valence-electron chi connectivity index (χ3n) is 4.32. The summed E-state index contributed by atoms with van der Waals surface area (Å²) in [6.45, 7) is 1.86. The Morgan fingerprint density at radius 3 is 2.36 bits per heavy atom. The summed E-state index contributed by atoms with van der Waals surface area (Å²) in [5.41, 5.74) is 1.34. The standard InChI is InChI=1S/C19H22BrNO6S/c1-12-9-14(19(22)23)11-17(18(12)20)28(24,25)21(2)8-7-13-5-6-15(26-3)16(10-13)27-4/h5-6,9-11H,7-8H2,1-4H3,(H,22,23). The molecule has 0 spiro atoms. The smallest absolute Gasteiger partial charge is 0.335 e. The molecule has 0 saturated carbocycles. The highest BCUT2D eigenvalue weighted by Crippen LogP contribution is 2.30. The van der Waals surface area contributed by atoms with Gasteiger partial charge in [0.1, 0.15) is 0 Å². The van der Waals surface area contributed by atoms with Gasteiger partial charge in [0, 0.05) is 18.1 Å². The molecule has 2 aromatic carbocycles. The van der Waals surface area contributed by atoms with Gasteiger partial charge in [0.2, 0.25) is 10.0 Å². The number of likely N-dealkylation sites (N-methyl/N-ethyl adjacent to an activating group) is 1. The van der Waals surface area contributed by atoms with Gasteiger partial charge in [0.25, 0.3) is 0 Å². The van der Waals surface area contributed by atoms with E-state index in [1.165, 1.54) is 30.6 Å². The highest BCUT2D eigenvalue weighted by atomic mass is 79.9. The second-order valence-electron chi connectivity index (χ2n) is 6.18. The Labute approximate surface area is 173 Å². The van der Waals surface area contributed by atoms with E-state index >= 15 is 0 Å². The summed E-state index contributed by atoms with van der Waals surface area (Å²) < 4.78 is 38.0. The zero-order chi connectivity index (χ0) is 21.1. The normalized spacial score (nSPS) is 11.5. The maximum absolute atomic E-state index is 13.0. The molecule has 7 nitrogen and oxygen atoms in total. The average molecular weight is 472 g/mol. The first-order valence-electron chi connectivity index (χ1n) is 8.32. The molecule has 152 valence electrons. The van der Waals surface area contributed by atoms with Crippen LogP contribution in [0.15, 0.2) is 39.7 Å². The largest absolute Gasteiger partial charge is 0.493 e. The molecule has 0 atom stereocenters. The van der Waals surface area contributed by atoms with Crippen molar-refractivity contribution >= 4 is 31.9 Å². The predicted octanol–water partition coefficient (Wildman–Crippen LogP) is 3.34. The first-order valence-corrected chi connectivity index (χ1v) is 10.6. The molecule has 9 heteroatoms. The van der Waals surface area contributed by atoms with Crippen molar-refractivity contribution in [1.29, 1.82) is 0 Å². The lowest BCUT2D eigenvalue weighted by atomic mass is 10.1. The van der Waals surface area contributed by atoms with E-state index in [1.54, 1.807) is 26.2 Å². The number of sulfonamides is 1. The summed E-state index contributed by atoms with van der Waals surface area (Å²) in [6.07, 6.45) is 0.450. The molecule has 0 fully saturated rings. The summed E-state index contributed by atoms with van der Waals surface area (Å²) in [5.74, 6) is -0.0183. The lowest BCUT2D eigenvalue weighted by molar-refractivity contribution is 0.0696. The number of carboxylic acid groups (broad SMARTS) is 1. The average Bonchev–Trinajstić information content (AvgIpc) is 2.67. The minimum atomic E-state index is -3.88. The van der Waals surface area contributed by atoms with Gasteiger partial charge < -0.3 is 14.6 Å². The van der Waals surface area contributed by atoms with Crippen molar-refractivity contribution in [2.24, 2.45) is 0 Å². The lowest BCUT2D eigenvalue weighted by Crippen LogP contribution is -2.29. The Morgan fingerprint density at radius 1 is 1.14 bits per heavy atom. The van der Waals surface area contributed by atoms with E-state index in [0.717, 1.165) is 5.56 Å².